The van der Waals surface area contributed by atoms with E-state index in [0.29, 0.717) is 0 Å². The average Bonchev–Trinajstić information content (AvgIpc) is 3.32. The molecule has 102 valence electrons. The van der Waals surface area contributed by atoms with Crippen molar-refractivity contribution in [1.82, 2.24) is 0 Å². The smallest absolute Gasteiger partial charge is 0.0358 e. The first-order valence-electron chi connectivity index (χ1n) is 9.07. The second-order valence-electron chi connectivity index (χ2n) is 10.6. The largest absolute Gasteiger partial charge is 0.0776 e. The minimum Gasteiger partial charge on any atom is -0.0776 e. The Hall–Kier alpha value is 1.46. The summed E-state index contributed by atoms with van der Waals surface area (Å²) in [5.41, 5.74) is 1.91. The van der Waals surface area contributed by atoms with Crippen LogP contribution in [-0.4, -0.2) is 6.84 Å². The second kappa shape index (κ2) is 1.92. The van der Waals surface area contributed by atoms with Gasteiger partial charge in [0.1, 0.15) is 0 Å². The van der Waals surface area contributed by atoms with E-state index in [1.807, 2.05) is 0 Å². The Morgan fingerprint density at radius 3 is 1.00 bits per heavy atom. The van der Waals surface area contributed by atoms with Crippen molar-refractivity contribution in [3.63, 3.8) is 0 Å². The van der Waals surface area contributed by atoms with Gasteiger partial charge in [-0.3, -0.25) is 0 Å². The monoisotopic (exact) mass is 486 g/mol. The van der Waals surface area contributed by atoms with Crippen LogP contribution < -0.4 is 0 Å². The minimum atomic E-state index is 0.873. The van der Waals surface area contributed by atoms with Crippen molar-refractivity contribution in [3.8, 4) is 0 Å². The summed E-state index contributed by atoms with van der Waals surface area (Å²) in [6.07, 6.45) is 3.38. The van der Waals surface area contributed by atoms with Gasteiger partial charge < -0.3 is 0 Å². The van der Waals surface area contributed by atoms with Gasteiger partial charge in [-0.2, -0.15) is 0 Å². The van der Waals surface area contributed by atoms with E-state index < -0.39 is 0 Å². The van der Waals surface area contributed by atoms with Gasteiger partial charge in [-0.25, -0.2) is 0 Å². The number of halogens is 2. The Balaban J connectivity index is 1.37. The van der Waals surface area contributed by atoms with E-state index in [1.165, 1.54) is 71.0 Å². The van der Waals surface area contributed by atoms with Crippen molar-refractivity contribution in [2.75, 3.05) is 0 Å². The third-order valence-electron chi connectivity index (χ3n) is 11.9. The number of hydrogen-bond donors (Lipinski definition) is 0. The molecule has 2 heteroatoms. The Labute approximate surface area is 145 Å². The highest BCUT2D eigenvalue weighted by atomic mass is 127. The first-order chi connectivity index (χ1) is 9.69. The lowest BCUT2D eigenvalue weighted by Crippen LogP contribution is -2.38. The van der Waals surface area contributed by atoms with E-state index in [1.54, 1.807) is 12.8 Å². The van der Waals surface area contributed by atoms with E-state index in [2.05, 4.69) is 45.2 Å². The Kier molecular flexibility index (Phi) is 0.931. The molecule has 4 bridgehead atoms. The molecule has 4 unspecified atom stereocenters. The molecule has 12 fully saturated rings. The van der Waals surface area contributed by atoms with Crippen LogP contribution in [0.5, 0.6) is 0 Å². The van der Waals surface area contributed by atoms with Crippen molar-refractivity contribution in [3.05, 3.63) is 0 Å². The van der Waals surface area contributed by atoms with Gasteiger partial charge in [0.15, 0.2) is 0 Å². The van der Waals surface area contributed by atoms with Crippen LogP contribution in [0.3, 0.4) is 0 Å². The quantitative estimate of drug-likeness (QED) is 0.393. The fourth-order valence-electron chi connectivity index (χ4n) is 13.0. The highest BCUT2D eigenvalue weighted by Crippen LogP contribution is 3.17. The molecule has 12 aliphatic rings. The van der Waals surface area contributed by atoms with Gasteiger partial charge in [0, 0.05) is 6.84 Å². The van der Waals surface area contributed by atoms with Crippen LogP contribution >= 0.6 is 45.2 Å². The first kappa shape index (κ1) is 9.68. The molecule has 0 amide bonds. The maximum absolute atomic E-state index is 3.08. The van der Waals surface area contributed by atoms with Gasteiger partial charge in [-0.1, -0.05) is 45.2 Å². The summed E-state index contributed by atoms with van der Waals surface area (Å²) in [4.78, 5) is 0. The number of hydrogen-bond acceptors (Lipinski definition) is 0. The van der Waals surface area contributed by atoms with E-state index in [0.717, 1.165) is 17.7 Å². The maximum Gasteiger partial charge on any atom is 0.0358 e. The highest BCUT2D eigenvalue weighted by molar-refractivity contribution is 14.1. The van der Waals surface area contributed by atoms with Crippen molar-refractivity contribution >= 4 is 45.2 Å². The predicted octanol–water partition coefficient (Wildman–Crippen LogP) is 3.62. The first-order valence-corrected chi connectivity index (χ1v) is 11.2. The molecule has 12 rings (SSSR count). The summed E-state index contributed by atoms with van der Waals surface area (Å²) < 4.78 is 1.75. The molecule has 0 aromatic rings. The molecule has 0 nitrogen and oxygen atoms in total. The SMILES string of the molecule is IC12[C@@H]3[C@@H]4C[C@H]([C@@H]31)[C@H]1[C@H]4C12C12[C@H]3[C@@H]4C[C@@H]([C@@H]5[C@H]4C51I)[C@@H]32. The van der Waals surface area contributed by atoms with Gasteiger partial charge in [-0.15, -0.1) is 0 Å². The lowest BCUT2D eigenvalue weighted by atomic mass is 9.75. The summed E-state index contributed by atoms with van der Waals surface area (Å²) in [5.74, 6) is 15.0. The zero-order chi connectivity index (χ0) is 12.3. The van der Waals surface area contributed by atoms with Crippen molar-refractivity contribution in [1.29, 1.82) is 0 Å². The standard InChI is InChI=1S/C18H16I2/c19-17-11-3-1-4(12(11)17)8-7(3)15(8,17)16-9-5-2-6(10(9)16)14-13(5)18(14,16)20/h3-14H,1-2H2/t3-,4+,5-,6+,7-,8-,9-,10-,11-,12+,13-,14+,15?,16?,17?,18?/m0/s1. The van der Waals surface area contributed by atoms with Crippen LogP contribution in [0.1, 0.15) is 12.8 Å². The lowest BCUT2D eigenvalue weighted by molar-refractivity contribution is 0.207. The Morgan fingerprint density at radius 1 is 0.500 bits per heavy atom. The van der Waals surface area contributed by atoms with Gasteiger partial charge in [0.05, 0.1) is 0 Å². The van der Waals surface area contributed by atoms with Crippen LogP contribution in [0.4, 0.5) is 0 Å². The molecule has 16 atom stereocenters. The third kappa shape index (κ3) is 0.428. The summed E-state index contributed by atoms with van der Waals surface area (Å²) in [6.45, 7) is 0. The topological polar surface area (TPSA) is 0 Å². The summed E-state index contributed by atoms with van der Waals surface area (Å²) in [5, 5.41) is 0. The Bertz CT molecular complexity index is 626. The van der Waals surface area contributed by atoms with E-state index in [-0.39, 0.29) is 0 Å². The van der Waals surface area contributed by atoms with Crippen LogP contribution in [0, 0.1) is 81.8 Å². The van der Waals surface area contributed by atoms with Crippen molar-refractivity contribution in [2.45, 2.75) is 19.7 Å². The van der Waals surface area contributed by atoms with Crippen LogP contribution in [0.2, 0.25) is 0 Å². The molecule has 0 spiro atoms. The normalized spacial score (nSPS) is 106. The van der Waals surface area contributed by atoms with Crippen LogP contribution in [-0.2, 0) is 0 Å². The fraction of sp³-hybridized carbons (Fsp3) is 1.00. The Morgan fingerprint density at radius 2 is 0.800 bits per heavy atom. The molecule has 0 aliphatic heterocycles. The molecule has 12 saturated carbocycles. The molecule has 0 aromatic heterocycles. The summed E-state index contributed by atoms with van der Waals surface area (Å²) >= 11 is 6.17. The lowest BCUT2D eigenvalue weighted by Gasteiger charge is -2.36. The van der Waals surface area contributed by atoms with Gasteiger partial charge in [0.2, 0.25) is 0 Å². The molecule has 0 aromatic carbocycles. The van der Waals surface area contributed by atoms with Gasteiger partial charge in [-0.05, 0) is 94.7 Å². The van der Waals surface area contributed by atoms with Crippen molar-refractivity contribution in [2.24, 2.45) is 81.8 Å². The molecule has 20 heavy (non-hydrogen) atoms. The van der Waals surface area contributed by atoms with E-state index >= 15 is 0 Å². The highest BCUT2D eigenvalue weighted by Gasteiger charge is 3.16. The summed E-state index contributed by atoms with van der Waals surface area (Å²) in [7, 11) is 0. The predicted molar refractivity (Wildman–Crippen MR) is 89.5 cm³/mol. The van der Waals surface area contributed by atoms with Crippen molar-refractivity contribution < 1.29 is 0 Å². The molecule has 12 aliphatic carbocycles. The summed E-state index contributed by atoms with van der Waals surface area (Å²) in [6, 6.07) is 0. The molecular formula is C18H16I2. The number of alkyl halides is 2. The van der Waals surface area contributed by atoms with E-state index in [4.69, 9.17) is 0 Å². The molecule has 0 radical (unpaired) electrons. The molecule has 0 N–H and O–H groups in total. The zero-order valence-electron chi connectivity index (χ0n) is 11.1. The third-order valence-corrected chi connectivity index (χ3v) is 16.5. The molecule has 0 heterocycles. The van der Waals surface area contributed by atoms with Crippen LogP contribution in [0.15, 0.2) is 0 Å². The molecule has 0 saturated heterocycles. The fourth-order valence-corrected chi connectivity index (χ4v) is 18.4. The van der Waals surface area contributed by atoms with Gasteiger partial charge >= 0.3 is 0 Å². The van der Waals surface area contributed by atoms with Crippen LogP contribution in [0.25, 0.3) is 0 Å². The maximum atomic E-state index is 3.08. The second-order valence-corrected chi connectivity index (χ2v) is 14.2. The number of rotatable bonds is 1. The van der Waals surface area contributed by atoms with Gasteiger partial charge in [0.25, 0.3) is 0 Å². The molecular weight excluding hydrogens is 470 g/mol. The zero-order valence-corrected chi connectivity index (χ0v) is 15.4. The van der Waals surface area contributed by atoms with E-state index in [9.17, 15) is 0 Å². The average molecular weight is 486 g/mol. The minimum absolute atomic E-state index is 0.873.